The average molecular weight is 262 g/mol. The van der Waals surface area contributed by atoms with Gasteiger partial charge in [0.2, 0.25) is 5.91 Å². The molecule has 1 aliphatic rings. The van der Waals surface area contributed by atoms with Crippen LogP contribution in [0.3, 0.4) is 0 Å². The number of amides is 1. The Kier molecular flexibility index (Phi) is 3.85. The topological polar surface area (TPSA) is 92.4 Å². The Labute approximate surface area is 111 Å². The van der Waals surface area contributed by atoms with Gasteiger partial charge < -0.3 is 16.2 Å². The summed E-state index contributed by atoms with van der Waals surface area (Å²) >= 11 is 0. The van der Waals surface area contributed by atoms with Crippen LogP contribution in [0.5, 0.6) is 0 Å². The number of nitrogens with two attached hydrogens (primary N) is 1. The van der Waals surface area contributed by atoms with E-state index in [0.29, 0.717) is 17.7 Å². The molecule has 0 aliphatic heterocycles. The fraction of sp³-hybridized carbons (Fsp3) is 0.429. The highest BCUT2D eigenvalue weighted by molar-refractivity contribution is 5.91. The average Bonchev–Trinajstić information content (AvgIpc) is 2.29. The van der Waals surface area contributed by atoms with Crippen LogP contribution >= 0.6 is 0 Å². The monoisotopic (exact) mass is 262 g/mol. The third kappa shape index (κ3) is 3.79. The van der Waals surface area contributed by atoms with E-state index in [1.165, 1.54) is 0 Å². The number of anilines is 1. The number of aliphatic carboxylic acids is 1. The van der Waals surface area contributed by atoms with Gasteiger partial charge in [-0.1, -0.05) is 12.1 Å². The summed E-state index contributed by atoms with van der Waals surface area (Å²) in [6.07, 6.45) is 3.22. The Hall–Kier alpha value is -1.88. The van der Waals surface area contributed by atoms with E-state index < -0.39 is 5.97 Å². The van der Waals surface area contributed by atoms with Crippen LogP contribution in [-0.2, 0) is 16.0 Å². The molecule has 1 amide bonds. The molecule has 1 saturated carbocycles. The number of rotatable bonds is 5. The Morgan fingerprint density at radius 2 is 1.89 bits per heavy atom. The largest absolute Gasteiger partial charge is 0.481 e. The summed E-state index contributed by atoms with van der Waals surface area (Å²) in [4.78, 5) is 22.3. The fourth-order valence-electron chi connectivity index (χ4n) is 2.21. The first-order valence-corrected chi connectivity index (χ1v) is 6.36. The van der Waals surface area contributed by atoms with Gasteiger partial charge in [-0.15, -0.1) is 0 Å². The lowest BCUT2D eigenvalue weighted by Crippen LogP contribution is -2.48. The van der Waals surface area contributed by atoms with Gasteiger partial charge in [-0.05, 0) is 37.0 Å². The Morgan fingerprint density at radius 3 is 2.37 bits per heavy atom. The van der Waals surface area contributed by atoms with E-state index in [9.17, 15) is 9.59 Å². The van der Waals surface area contributed by atoms with Gasteiger partial charge in [-0.2, -0.15) is 0 Å². The zero-order chi connectivity index (χ0) is 13.9. The molecule has 0 atom stereocenters. The van der Waals surface area contributed by atoms with E-state index in [4.69, 9.17) is 10.8 Å². The third-order valence-electron chi connectivity index (χ3n) is 3.45. The zero-order valence-electron chi connectivity index (χ0n) is 10.7. The van der Waals surface area contributed by atoms with Crippen LogP contribution in [0.4, 0.5) is 5.69 Å². The quantitative estimate of drug-likeness (QED) is 0.750. The van der Waals surface area contributed by atoms with Gasteiger partial charge >= 0.3 is 5.97 Å². The smallest absolute Gasteiger partial charge is 0.307 e. The molecule has 1 fully saturated rings. The number of hydrogen-bond donors (Lipinski definition) is 3. The van der Waals surface area contributed by atoms with Crippen molar-refractivity contribution in [2.24, 2.45) is 5.73 Å². The van der Waals surface area contributed by atoms with Crippen molar-refractivity contribution in [1.82, 2.24) is 0 Å². The molecule has 4 N–H and O–H groups in total. The number of carboxylic acid groups (broad SMARTS) is 1. The molecule has 0 heterocycles. The predicted molar refractivity (Wildman–Crippen MR) is 71.8 cm³/mol. The van der Waals surface area contributed by atoms with Gasteiger partial charge in [0.05, 0.1) is 6.42 Å². The number of benzene rings is 1. The van der Waals surface area contributed by atoms with Crippen LogP contribution in [0.15, 0.2) is 24.3 Å². The summed E-state index contributed by atoms with van der Waals surface area (Å²) in [5.41, 5.74) is 7.06. The minimum absolute atomic E-state index is 0.0138. The van der Waals surface area contributed by atoms with Crippen LogP contribution in [0.25, 0.3) is 0 Å². The highest BCUT2D eigenvalue weighted by Crippen LogP contribution is 2.32. The van der Waals surface area contributed by atoms with Crippen LogP contribution in [0, 0.1) is 0 Å². The molecular formula is C14H18N2O3. The first kappa shape index (κ1) is 13.5. The molecule has 5 nitrogen and oxygen atoms in total. The Morgan fingerprint density at radius 1 is 1.26 bits per heavy atom. The lowest BCUT2D eigenvalue weighted by Gasteiger charge is -2.37. The van der Waals surface area contributed by atoms with Crippen LogP contribution in [0.2, 0.25) is 0 Å². The second-order valence-corrected chi connectivity index (χ2v) is 5.21. The molecule has 0 radical (unpaired) electrons. The molecule has 1 aromatic rings. The summed E-state index contributed by atoms with van der Waals surface area (Å²) in [6.45, 7) is 0. The van der Waals surface area contributed by atoms with Crippen molar-refractivity contribution in [3.63, 3.8) is 0 Å². The first-order valence-electron chi connectivity index (χ1n) is 6.36. The van der Waals surface area contributed by atoms with Crippen molar-refractivity contribution >= 4 is 17.6 Å². The van der Waals surface area contributed by atoms with Crippen molar-refractivity contribution in [1.29, 1.82) is 0 Å². The Bertz CT molecular complexity index is 478. The number of nitrogens with one attached hydrogen (secondary N) is 1. The number of carboxylic acids is 1. The minimum atomic E-state index is -0.869. The number of carbonyl (C=O) groups excluding carboxylic acids is 1. The molecule has 1 aliphatic carbocycles. The molecule has 1 aromatic carbocycles. The van der Waals surface area contributed by atoms with Gasteiger partial charge in [-0.25, -0.2) is 0 Å². The van der Waals surface area contributed by atoms with E-state index in [1.54, 1.807) is 24.3 Å². The second kappa shape index (κ2) is 5.40. The maximum atomic E-state index is 11.8. The number of carbonyl (C=O) groups is 2. The molecule has 102 valence electrons. The lowest BCUT2D eigenvalue weighted by atomic mass is 9.75. The molecule has 0 spiro atoms. The standard InChI is InChI=1S/C14H18N2O3/c15-14(6-1-7-14)9-12(17)16-11-4-2-10(3-5-11)8-13(18)19/h2-5H,1,6-9,15H2,(H,16,17)(H,18,19). The summed E-state index contributed by atoms with van der Waals surface area (Å²) in [5.74, 6) is -0.958. The highest BCUT2D eigenvalue weighted by atomic mass is 16.4. The normalized spacial score (nSPS) is 16.5. The summed E-state index contributed by atoms with van der Waals surface area (Å²) in [6, 6.07) is 6.82. The molecule has 2 rings (SSSR count). The van der Waals surface area contributed by atoms with Gasteiger partial charge in [-0.3, -0.25) is 9.59 Å². The molecule has 0 unspecified atom stereocenters. The number of hydrogen-bond acceptors (Lipinski definition) is 3. The van der Waals surface area contributed by atoms with E-state index in [0.717, 1.165) is 19.3 Å². The minimum Gasteiger partial charge on any atom is -0.481 e. The molecule has 0 bridgehead atoms. The van der Waals surface area contributed by atoms with Crippen molar-refractivity contribution in [2.45, 2.75) is 37.6 Å². The predicted octanol–water partition coefficient (Wildman–Crippen LogP) is 1.52. The van der Waals surface area contributed by atoms with E-state index in [-0.39, 0.29) is 17.9 Å². The van der Waals surface area contributed by atoms with Crippen LogP contribution in [-0.4, -0.2) is 22.5 Å². The summed E-state index contributed by atoms with van der Waals surface area (Å²) in [7, 11) is 0. The molecule has 0 saturated heterocycles. The van der Waals surface area contributed by atoms with Crippen molar-refractivity contribution in [3.05, 3.63) is 29.8 Å². The maximum Gasteiger partial charge on any atom is 0.307 e. The maximum absolute atomic E-state index is 11.8. The summed E-state index contributed by atoms with van der Waals surface area (Å²) in [5, 5.41) is 11.4. The highest BCUT2D eigenvalue weighted by Gasteiger charge is 2.34. The van der Waals surface area contributed by atoms with Crippen LogP contribution < -0.4 is 11.1 Å². The van der Waals surface area contributed by atoms with Crippen molar-refractivity contribution in [3.8, 4) is 0 Å². The van der Waals surface area contributed by atoms with E-state index in [1.807, 2.05) is 0 Å². The lowest BCUT2D eigenvalue weighted by molar-refractivity contribution is -0.136. The van der Waals surface area contributed by atoms with Gasteiger partial charge in [0.25, 0.3) is 0 Å². The Balaban J connectivity index is 1.88. The van der Waals surface area contributed by atoms with Gasteiger partial charge in [0, 0.05) is 17.6 Å². The summed E-state index contributed by atoms with van der Waals surface area (Å²) < 4.78 is 0. The molecule has 5 heteroatoms. The first-order chi connectivity index (χ1) is 8.97. The molecule has 0 aromatic heterocycles. The molecular weight excluding hydrogens is 244 g/mol. The third-order valence-corrected chi connectivity index (χ3v) is 3.45. The second-order valence-electron chi connectivity index (χ2n) is 5.21. The van der Waals surface area contributed by atoms with Crippen molar-refractivity contribution < 1.29 is 14.7 Å². The van der Waals surface area contributed by atoms with Crippen molar-refractivity contribution in [2.75, 3.05) is 5.32 Å². The molecule has 19 heavy (non-hydrogen) atoms. The van der Waals surface area contributed by atoms with Crippen LogP contribution in [0.1, 0.15) is 31.2 Å². The van der Waals surface area contributed by atoms with Gasteiger partial charge in [0.15, 0.2) is 0 Å². The fourth-order valence-corrected chi connectivity index (χ4v) is 2.21. The van der Waals surface area contributed by atoms with E-state index >= 15 is 0 Å². The SMILES string of the molecule is NC1(CC(=O)Nc2ccc(CC(=O)O)cc2)CCC1. The van der Waals surface area contributed by atoms with E-state index in [2.05, 4.69) is 5.32 Å². The van der Waals surface area contributed by atoms with Gasteiger partial charge in [0.1, 0.15) is 0 Å². The zero-order valence-corrected chi connectivity index (χ0v) is 10.7.